The van der Waals surface area contributed by atoms with Crippen LogP contribution in [-0.2, 0) is 9.68 Å². The summed E-state index contributed by atoms with van der Waals surface area (Å²) in [6.45, 7) is 3.81. The summed E-state index contributed by atoms with van der Waals surface area (Å²) in [6.07, 6.45) is 3.76. The quantitative estimate of drug-likeness (QED) is 0.481. The van der Waals surface area contributed by atoms with Gasteiger partial charge in [0, 0.05) is 0 Å². The molecule has 0 heterocycles. The highest BCUT2D eigenvalue weighted by Gasteiger charge is 2.00. The Labute approximate surface area is 73.1 Å². The van der Waals surface area contributed by atoms with E-state index in [1.807, 2.05) is 26.0 Å². The van der Waals surface area contributed by atoms with E-state index in [2.05, 4.69) is 11.0 Å². The number of hydrogen-bond donors (Lipinski definition) is 2. The van der Waals surface area contributed by atoms with Crippen molar-refractivity contribution < 1.29 is 9.68 Å². The van der Waals surface area contributed by atoms with Gasteiger partial charge in [-0.25, -0.2) is 0 Å². The van der Waals surface area contributed by atoms with E-state index >= 15 is 0 Å². The highest BCUT2D eigenvalue weighted by atomic mass is 16.6. The number of hydroxylamine groups is 2. The Morgan fingerprint density at radius 1 is 0.917 bits per heavy atom. The first kappa shape index (κ1) is 11.0. The molecule has 4 heteroatoms. The molecule has 0 saturated carbocycles. The lowest BCUT2D eigenvalue weighted by molar-refractivity contribution is 0.0966. The molecule has 0 atom stereocenters. The monoisotopic (exact) mass is 172 g/mol. The molecule has 0 saturated heterocycles. The topological polar surface area (TPSA) is 42.5 Å². The summed E-state index contributed by atoms with van der Waals surface area (Å²) in [5, 5.41) is 0. The van der Waals surface area contributed by atoms with Gasteiger partial charge < -0.3 is 0 Å². The van der Waals surface area contributed by atoms with E-state index < -0.39 is 0 Å². The molecule has 2 N–H and O–H groups in total. The average molecular weight is 172 g/mol. The maximum atomic E-state index is 4.77. The van der Waals surface area contributed by atoms with Crippen molar-refractivity contribution in [1.29, 1.82) is 0 Å². The second-order valence-electron chi connectivity index (χ2n) is 2.02. The molecule has 0 rings (SSSR count). The van der Waals surface area contributed by atoms with Crippen molar-refractivity contribution >= 4 is 0 Å². The normalized spacial score (nSPS) is 13.0. The predicted molar refractivity (Wildman–Crippen MR) is 47.8 cm³/mol. The van der Waals surface area contributed by atoms with Gasteiger partial charge in [-0.3, -0.25) is 20.6 Å². The first-order valence-electron chi connectivity index (χ1n) is 3.71. The Hall–Kier alpha value is -1.00. The van der Waals surface area contributed by atoms with E-state index in [0.29, 0.717) is 0 Å². The summed E-state index contributed by atoms with van der Waals surface area (Å²) in [4.78, 5) is 9.54. The summed E-state index contributed by atoms with van der Waals surface area (Å²) in [6, 6.07) is 0. The maximum Gasteiger partial charge on any atom is 0.0812 e. The minimum absolute atomic E-state index is 0.835. The van der Waals surface area contributed by atoms with Crippen LogP contribution < -0.4 is 11.0 Å². The Morgan fingerprint density at radius 2 is 1.25 bits per heavy atom. The molecule has 0 aliphatic rings. The van der Waals surface area contributed by atoms with Gasteiger partial charge in [0.15, 0.2) is 0 Å². The third-order valence-electron chi connectivity index (χ3n) is 1.29. The number of rotatable bonds is 5. The van der Waals surface area contributed by atoms with Gasteiger partial charge in [-0.1, -0.05) is 12.2 Å². The van der Waals surface area contributed by atoms with Crippen LogP contribution in [0.25, 0.3) is 0 Å². The molecule has 0 radical (unpaired) electrons. The van der Waals surface area contributed by atoms with E-state index in [4.69, 9.17) is 9.68 Å². The lowest BCUT2D eigenvalue weighted by Crippen LogP contribution is -2.21. The van der Waals surface area contributed by atoms with E-state index in [9.17, 15) is 0 Å². The fourth-order valence-electron chi connectivity index (χ4n) is 0.759. The van der Waals surface area contributed by atoms with Crippen molar-refractivity contribution in [1.82, 2.24) is 11.0 Å². The molecule has 0 fully saturated rings. The first-order chi connectivity index (χ1) is 5.79. The average Bonchev–Trinajstić information content (AvgIpc) is 2.11. The third-order valence-corrected chi connectivity index (χ3v) is 1.29. The Balaban J connectivity index is 4.26. The molecular weight excluding hydrogens is 156 g/mol. The van der Waals surface area contributed by atoms with Crippen LogP contribution in [0.3, 0.4) is 0 Å². The van der Waals surface area contributed by atoms with Crippen molar-refractivity contribution in [3.63, 3.8) is 0 Å². The van der Waals surface area contributed by atoms with Crippen LogP contribution in [-0.4, -0.2) is 14.2 Å². The zero-order valence-corrected chi connectivity index (χ0v) is 7.97. The summed E-state index contributed by atoms with van der Waals surface area (Å²) >= 11 is 0. The molecule has 0 spiro atoms. The standard InChI is InChI=1S/C8H16N2O2/c1-5-7(9-11-3)8(6-2)10-12-4/h5-6,9-10H,1-4H3. The van der Waals surface area contributed by atoms with Crippen molar-refractivity contribution in [3.05, 3.63) is 23.5 Å². The highest BCUT2D eigenvalue weighted by Crippen LogP contribution is 2.02. The number of hydrogen-bond acceptors (Lipinski definition) is 4. The van der Waals surface area contributed by atoms with Crippen molar-refractivity contribution in [2.75, 3.05) is 14.2 Å². The van der Waals surface area contributed by atoms with E-state index in [0.717, 1.165) is 11.4 Å². The van der Waals surface area contributed by atoms with Gasteiger partial charge in [-0.15, -0.1) is 0 Å². The summed E-state index contributed by atoms with van der Waals surface area (Å²) in [5.41, 5.74) is 7.11. The molecule has 0 aromatic rings. The van der Waals surface area contributed by atoms with Gasteiger partial charge in [-0.05, 0) is 13.8 Å². The van der Waals surface area contributed by atoms with Gasteiger partial charge >= 0.3 is 0 Å². The zero-order chi connectivity index (χ0) is 9.40. The summed E-state index contributed by atoms with van der Waals surface area (Å²) in [7, 11) is 3.12. The SMILES string of the molecule is CC=C(NOC)C(=CC)NOC. The second kappa shape index (κ2) is 6.69. The van der Waals surface area contributed by atoms with Crippen molar-refractivity contribution in [3.8, 4) is 0 Å². The smallest absolute Gasteiger partial charge is 0.0812 e. The third kappa shape index (κ3) is 3.41. The van der Waals surface area contributed by atoms with Crippen LogP contribution in [0.1, 0.15) is 13.8 Å². The molecule has 4 nitrogen and oxygen atoms in total. The van der Waals surface area contributed by atoms with E-state index in [1.165, 1.54) is 0 Å². The Kier molecular flexibility index (Phi) is 6.14. The van der Waals surface area contributed by atoms with Crippen molar-refractivity contribution in [2.24, 2.45) is 0 Å². The van der Waals surface area contributed by atoms with Crippen molar-refractivity contribution in [2.45, 2.75) is 13.8 Å². The summed E-state index contributed by atoms with van der Waals surface area (Å²) in [5.74, 6) is 0. The Bertz CT molecular complexity index is 156. The molecule has 70 valence electrons. The van der Waals surface area contributed by atoms with Gasteiger partial charge in [0.25, 0.3) is 0 Å². The molecule has 0 amide bonds. The van der Waals surface area contributed by atoms with Gasteiger partial charge in [0.05, 0.1) is 25.6 Å². The number of allylic oxidation sites excluding steroid dienone is 2. The Morgan fingerprint density at radius 3 is 1.42 bits per heavy atom. The van der Waals surface area contributed by atoms with Crippen LogP contribution in [0.4, 0.5) is 0 Å². The second-order valence-corrected chi connectivity index (χ2v) is 2.02. The predicted octanol–water partition coefficient (Wildman–Crippen LogP) is 1.10. The zero-order valence-electron chi connectivity index (χ0n) is 7.97. The van der Waals surface area contributed by atoms with Crippen LogP contribution >= 0.6 is 0 Å². The highest BCUT2D eigenvalue weighted by molar-refractivity contribution is 5.24. The fourth-order valence-corrected chi connectivity index (χ4v) is 0.759. The molecule has 0 aliphatic heterocycles. The van der Waals surface area contributed by atoms with Gasteiger partial charge in [0.1, 0.15) is 0 Å². The minimum Gasteiger partial charge on any atom is -0.279 e. The van der Waals surface area contributed by atoms with E-state index in [1.54, 1.807) is 14.2 Å². The first-order valence-corrected chi connectivity index (χ1v) is 3.71. The molecule has 12 heavy (non-hydrogen) atoms. The molecule has 0 aromatic heterocycles. The lowest BCUT2D eigenvalue weighted by Gasteiger charge is -2.12. The molecule has 0 aromatic carbocycles. The fraction of sp³-hybridized carbons (Fsp3) is 0.500. The molecule has 0 unspecified atom stereocenters. The van der Waals surface area contributed by atoms with Gasteiger partial charge in [0.2, 0.25) is 0 Å². The molecule has 0 bridgehead atoms. The van der Waals surface area contributed by atoms with Gasteiger partial charge in [-0.2, -0.15) is 0 Å². The largest absolute Gasteiger partial charge is 0.279 e. The van der Waals surface area contributed by atoms with Crippen LogP contribution in [0, 0.1) is 0 Å². The van der Waals surface area contributed by atoms with E-state index in [-0.39, 0.29) is 0 Å². The molecular formula is C8H16N2O2. The van der Waals surface area contributed by atoms with Crippen LogP contribution in [0.15, 0.2) is 23.5 Å². The maximum absolute atomic E-state index is 4.77. The minimum atomic E-state index is 0.835. The number of nitrogens with one attached hydrogen (secondary N) is 2. The van der Waals surface area contributed by atoms with Crippen LogP contribution in [0.5, 0.6) is 0 Å². The molecule has 0 aliphatic carbocycles. The lowest BCUT2D eigenvalue weighted by atomic mass is 10.3. The van der Waals surface area contributed by atoms with Crippen LogP contribution in [0.2, 0.25) is 0 Å². The summed E-state index contributed by atoms with van der Waals surface area (Å²) < 4.78 is 0.